The minimum Gasteiger partial charge on any atom is -0.497 e. The summed E-state index contributed by atoms with van der Waals surface area (Å²) in [4.78, 5) is 2.42. The van der Waals surface area contributed by atoms with Gasteiger partial charge < -0.3 is 9.64 Å². The van der Waals surface area contributed by atoms with Crippen LogP contribution in [0.2, 0.25) is 0 Å². The first kappa shape index (κ1) is 16.1. The smallest absolute Gasteiger partial charge is 0.119 e. The summed E-state index contributed by atoms with van der Waals surface area (Å²) in [6.45, 7) is 3.90. The van der Waals surface area contributed by atoms with Crippen molar-refractivity contribution in [2.24, 2.45) is 0 Å². The summed E-state index contributed by atoms with van der Waals surface area (Å²) >= 11 is 0. The topological polar surface area (TPSA) is 12.5 Å². The zero-order valence-corrected chi connectivity index (χ0v) is 14.3. The molecule has 0 fully saturated rings. The summed E-state index contributed by atoms with van der Waals surface area (Å²) in [6.07, 6.45) is 0. The first-order valence-corrected chi connectivity index (χ1v) is 8.23. The van der Waals surface area contributed by atoms with Crippen LogP contribution < -0.4 is 9.64 Å². The Balaban J connectivity index is 1.92. The van der Waals surface area contributed by atoms with E-state index in [1.807, 2.05) is 6.07 Å². The van der Waals surface area contributed by atoms with Crippen molar-refractivity contribution >= 4 is 5.69 Å². The van der Waals surface area contributed by atoms with Crippen molar-refractivity contribution in [1.29, 1.82) is 0 Å². The van der Waals surface area contributed by atoms with Gasteiger partial charge in [0.2, 0.25) is 0 Å². The number of anilines is 1. The van der Waals surface area contributed by atoms with Gasteiger partial charge in [-0.05, 0) is 41.8 Å². The third-order valence-electron chi connectivity index (χ3n) is 4.18. The van der Waals surface area contributed by atoms with E-state index in [2.05, 4.69) is 84.6 Å². The monoisotopic (exact) mass is 317 g/mol. The van der Waals surface area contributed by atoms with Crippen molar-refractivity contribution in [2.75, 3.05) is 12.0 Å². The van der Waals surface area contributed by atoms with E-state index >= 15 is 0 Å². The van der Waals surface area contributed by atoms with Crippen LogP contribution in [-0.2, 0) is 13.1 Å². The molecule has 2 heteroatoms. The van der Waals surface area contributed by atoms with Gasteiger partial charge in [0, 0.05) is 18.8 Å². The van der Waals surface area contributed by atoms with Gasteiger partial charge in [-0.25, -0.2) is 0 Å². The maximum atomic E-state index is 5.35. The number of ether oxygens (including phenoxy) is 1. The maximum Gasteiger partial charge on any atom is 0.119 e. The summed E-state index contributed by atoms with van der Waals surface area (Å²) in [5.41, 5.74) is 5.08. The van der Waals surface area contributed by atoms with E-state index in [-0.39, 0.29) is 0 Å². The van der Waals surface area contributed by atoms with Crippen LogP contribution in [0.4, 0.5) is 5.69 Å². The van der Waals surface area contributed by atoms with E-state index in [1.165, 1.54) is 22.4 Å². The van der Waals surface area contributed by atoms with E-state index in [9.17, 15) is 0 Å². The Kier molecular flexibility index (Phi) is 5.17. The number of rotatable bonds is 6. The van der Waals surface area contributed by atoms with Crippen LogP contribution in [0.5, 0.6) is 5.75 Å². The standard InChI is InChI=1S/C22H23NO/c1-18-15-21(24-2)13-14-22(18)23(16-19-9-5-3-6-10-19)17-20-11-7-4-8-12-20/h3-15H,16-17H2,1-2H3. The van der Waals surface area contributed by atoms with Gasteiger partial charge in [0.15, 0.2) is 0 Å². The second kappa shape index (κ2) is 7.69. The van der Waals surface area contributed by atoms with Gasteiger partial charge in [-0.1, -0.05) is 60.7 Å². The predicted molar refractivity (Wildman–Crippen MR) is 101 cm³/mol. The largest absolute Gasteiger partial charge is 0.497 e. The highest BCUT2D eigenvalue weighted by Gasteiger charge is 2.11. The predicted octanol–water partition coefficient (Wildman–Crippen LogP) is 5.21. The van der Waals surface area contributed by atoms with Crippen molar-refractivity contribution in [3.8, 4) is 5.75 Å². The van der Waals surface area contributed by atoms with Gasteiger partial charge in [0.25, 0.3) is 0 Å². The van der Waals surface area contributed by atoms with Crippen LogP contribution in [0.25, 0.3) is 0 Å². The molecule has 122 valence electrons. The van der Waals surface area contributed by atoms with Crippen LogP contribution in [0.15, 0.2) is 78.9 Å². The molecular weight excluding hydrogens is 294 g/mol. The molecule has 0 aromatic heterocycles. The Hall–Kier alpha value is -2.74. The second-order valence-electron chi connectivity index (χ2n) is 5.98. The van der Waals surface area contributed by atoms with E-state index in [0.717, 1.165) is 18.8 Å². The average molecular weight is 317 g/mol. The summed E-state index contributed by atoms with van der Waals surface area (Å²) in [6, 6.07) is 27.5. The van der Waals surface area contributed by atoms with Crippen LogP contribution in [-0.4, -0.2) is 7.11 Å². The van der Waals surface area contributed by atoms with Crippen LogP contribution in [0.3, 0.4) is 0 Å². The number of hydrogen-bond donors (Lipinski definition) is 0. The lowest BCUT2D eigenvalue weighted by Crippen LogP contribution is -2.22. The zero-order chi connectivity index (χ0) is 16.8. The van der Waals surface area contributed by atoms with Crippen molar-refractivity contribution in [1.82, 2.24) is 0 Å². The minimum atomic E-state index is 0.878. The van der Waals surface area contributed by atoms with Crippen LogP contribution in [0.1, 0.15) is 16.7 Å². The van der Waals surface area contributed by atoms with Gasteiger partial charge in [-0.15, -0.1) is 0 Å². The molecule has 0 radical (unpaired) electrons. The van der Waals surface area contributed by atoms with Crippen molar-refractivity contribution in [3.05, 3.63) is 95.6 Å². The molecule has 0 aliphatic heterocycles. The Morgan fingerprint density at radius 3 is 1.75 bits per heavy atom. The van der Waals surface area contributed by atoms with Gasteiger partial charge in [-0.2, -0.15) is 0 Å². The molecule has 0 heterocycles. The molecule has 0 bridgehead atoms. The number of hydrogen-bond acceptors (Lipinski definition) is 2. The molecule has 0 atom stereocenters. The lowest BCUT2D eigenvalue weighted by atomic mass is 10.1. The van der Waals surface area contributed by atoms with E-state index in [1.54, 1.807) is 7.11 Å². The Morgan fingerprint density at radius 2 is 1.29 bits per heavy atom. The number of nitrogens with zero attached hydrogens (tertiary/aromatic N) is 1. The van der Waals surface area contributed by atoms with Gasteiger partial charge in [0.1, 0.15) is 5.75 Å². The second-order valence-corrected chi connectivity index (χ2v) is 5.98. The molecule has 0 aliphatic rings. The molecule has 3 rings (SSSR count). The molecule has 3 aromatic carbocycles. The van der Waals surface area contributed by atoms with Crippen LogP contribution >= 0.6 is 0 Å². The van der Waals surface area contributed by atoms with Gasteiger partial charge >= 0.3 is 0 Å². The highest BCUT2D eigenvalue weighted by molar-refractivity contribution is 5.56. The minimum absolute atomic E-state index is 0.878. The Bertz CT molecular complexity index is 727. The molecule has 0 spiro atoms. The molecule has 24 heavy (non-hydrogen) atoms. The summed E-state index contributed by atoms with van der Waals surface area (Å²) in [5.74, 6) is 0.899. The quantitative estimate of drug-likeness (QED) is 0.619. The maximum absolute atomic E-state index is 5.35. The molecule has 0 amide bonds. The third kappa shape index (κ3) is 3.96. The lowest BCUT2D eigenvalue weighted by molar-refractivity contribution is 0.414. The van der Waals surface area contributed by atoms with E-state index < -0.39 is 0 Å². The Morgan fingerprint density at radius 1 is 0.750 bits per heavy atom. The van der Waals surface area contributed by atoms with Crippen molar-refractivity contribution in [3.63, 3.8) is 0 Å². The van der Waals surface area contributed by atoms with Gasteiger partial charge in [0.05, 0.1) is 7.11 Å². The molecule has 2 nitrogen and oxygen atoms in total. The number of aryl methyl sites for hydroxylation is 1. The zero-order valence-electron chi connectivity index (χ0n) is 14.3. The Labute approximate surface area is 144 Å². The van der Waals surface area contributed by atoms with Crippen LogP contribution in [0, 0.1) is 6.92 Å². The summed E-state index contributed by atoms with van der Waals surface area (Å²) in [5, 5.41) is 0. The fraction of sp³-hybridized carbons (Fsp3) is 0.182. The van der Waals surface area contributed by atoms with Crippen molar-refractivity contribution in [2.45, 2.75) is 20.0 Å². The molecule has 0 saturated carbocycles. The first-order chi connectivity index (χ1) is 11.8. The summed E-state index contributed by atoms with van der Waals surface area (Å²) < 4.78 is 5.35. The first-order valence-electron chi connectivity index (χ1n) is 8.23. The van der Waals surface area contributed by atoms with Crippen molar-refractivity contribution < 1.29 is 4.74 Å². The van der Waals surface area contributed by atoms with E-state index in [4.69, 9.17) is 4.74 Å². The fourth-order valence-corrected chi connectivity index (χ4v) is 2.94. The molecule has 0 saturated heterocycles. The molecule has 0 aliphatic carbocycles. The summed E-state index contributed by atoms with van der Waals surface area (Å²) in [7, 11) is 1.71. The fourth-order valence-electron chi connectivity index (χ4n) is 2.94. The lowest BCUT2D eigenvalue weighted by Gasteiger charge is -2.27. The molecule has 3 aromatic rings. The highest BCUT2D eigenvalue weighted by atomic mass is 16.5. The third-order valence-corrected chi connectivity index (χ3v) is 4.18. The SMILES string of the molecule is COc1ccc(N(Cc2ccccc2)Cc2ccccc2)c(C)c1. The normalized spacial score (nSPS) is 10.4. The van der Waals surface area contributed by atoms with E-state index in [0.29, 0.717) is 0 Å². The molecule has 0 unspecified atom stereocenters. The molecule has 0 N–H and O–H groups in total. The highest BCUT2D eigenvalue weighted by Crippen LogP contribution is 2.27. The number of methoxy groups -OCH3 is 1. The van der Waals surface area contributed by atoms with Gasteiger partial charge in [-0.3, -0.25) is 0 Å². The number of benzene rings is 3. The molecular formula is C22H23NO. The average Bonchev–Trinajstić information content (AvgIpc) is 2.63.